The van der Waals surface area contributed by atoms with Gasteiger partial charge in [-0.3, -0.25) is 0 Å². The molecule has 1 saturated carbocycles. The lowest BCUT2D eigenvalue weighted by Gasteiger charge is -2.37. The van der Waals surface area contributed by atoms with Crippen LogP contribution in [-0.4, -0.2) is 41.8 Å². The number of likely N-dealkylation sites (tertiary alicyclic amines) is 1. The molecule has 3 heteroatoms. The first-order valence-electron chi connectivity index (χ1n) is 7.20. The third kappa shape index (κ3) is 4.23. The van der Waals surface area contributed by atoms with Gasteiger partial charge in [-0.05, 0) is 43.4 Å². The molecule has 0 aromatic rings. The highest BCUT2D eigenvalue weighted by atomic mass is 16.3. The minimum absolute atomic E-state index is 0.159. The maximum atomic E-state index is 9.99. The van der Waals surface area contributed by atoms with Gasteiger partial charge in [0.1, 0.15) is 0 Å². The van der Waals surface area contributed by atoms with Crippen LogP contribution < -0.4 is 5.73 Å². The van der Waals surface area contributed by atoms with Crippen molar-refractivity contribution in [1.82, 2.24) is 4.90 Å². The molecule has 1 aliphatic heterocycles. The Balaban J connectivity index is 1.80. The van der Waals surface area contributed by atoms with E-state index in [0.29, 0.717) is 17.9 Å². The van der Waals surface area contributed by atoms with Crippen LogP contribution in [0.25, 0.3) is 0 Å². The first kappa shape index (κ1) is 13.3. The predicted molar refractivity (Wildman–Crippen MR) is 70.7 cm³/mol. The number of hydrogen-bond acceptors (Lipinski definition) is 3. The Bertz CT molecular complexity index is 238. The Kier molecular flexibility index (Phi) is 4.45. The Labute approximate surface area is 105 Å². The monoisotopic (exact) mass is 240 g/mol. The van der Waals surface area contributed by atoms with Crippen molar-refractivity contribution in [2.75, 3.05) is 19.6 Å². The molecule has 3 N–H and O–H groups in total. The van der Waals surface area contributed by atoms with E-state index in [1.807, 2.05) is 0 Å². The van der Waals surface area contributed by atoms with Gasteiger partial charge in [0.2, 0.25) is 0 Å². The third-order valence-electron chi connectivity index (χ3n) is 4.20. The van der Waals surface area contributed by atoms with Gasteiger partial charge < -0.3 is 15.7 Å². The fourth-order valence-corrected chi connectivity index (χ4v) is 2.95. The van der Waals surface area contributed by atoms with E-state index in [1.165, 1.54) is 19.4 Å². The molecule has 0 amide bonds. The summed E-state index contributed by atoms with van der Waals surface area (Å²) >= 11 is 0. The van der Waals surface area contributed by atoms with Crippen molar-refractivity contribution in [3.8, 4) is 0 Å². The zero-order valence-electron chi connectivity index (χ0n) is 11.3. The summed E-state index contributed by atoms with van der Waals surface area (Å²) in [6.45, 7) is 7.63. The van der Waals surface area contributed by atoms with Crippen LogP contribution in [0.3, 0.4) is 0 Å². The van der Waals surface area contributed by atoms with Gasteiger partial charge in [0.15, 0.2) is 0 Å². The van der Waals surface area contributed by atoms with E-state index < -0.39 is 0 Å². The molecule has 2 rings (SSSR count). The summed E-state index contributed by atoms with van der Waals surface area (Å²) in [7, 11) is 0. The second-order valence-corrected chi connectivity index (χ2v) is 6.57. The SMILES string of the molecule is CC(C)C(O)CC1CC(N)CN(CC2CC2)C1. The molecule has 0 aromatic carbocycles. The molecule has 0 bridgehead atoms. The molecular formula is C14H28N2O. The largest absolute Gasteiger partial charge is 0.393 e. The molecule has 100 valence electrons. The third-order valence-corrected chi connectivity index (χ3v) is 4.20. The van der Waals surface area contributed by atoms with E-state index in [0.717, 1.165) is 31.8 Å². The van der Waals surface area contributed by atoms with Crippen molar-refractivity contribution in [2.24, 2.45) is 23.5 Å². The van der Waals surface area contributed by atoms with Crippen LogP contribution >= 0.6 is 0 Å². The highest BCUT2D eigenvalue weighted by Crippen LogP contribution is 2.32. The molecule has 1 aliphatic carbocycles. The van der Waals surface area contributed by atoms with Crippen molar-refractivity contribution in [1.29, 1.82) is 0 Å². The number of rotatable bonds is 5. The normalized spacial score (nSPS) is 33.0. The van der Waals surface area contributed by atoms with E-state index in [9.17, 15) is 5.11 Å². The van der Waals surface area contributed by atoms with E-state index in [-0.39, 0.29) is 6.10 Å². The van der Waals surface area contributed by atoms with Crippen LogP contribution in [0, 0.1) is 17.8 Å². The van der Waals surface area contributed by atoms with Gasteiger partial charge >= 0.3 is 0 Å². The maximum Gasteiger partial charge on any atom is 0.0566 e. The fourth-order valence-electron chi connectivity index (χ4n) is 2.95. The lowest BCUT2D eigenvalue weighted by molar-refractivity contribution is 0.0650. The fraction of sp³-hybridized carbons (Fsp3) is 1.00. The second kappa shape index (κ2) is 5.68. The number of aliphatic hydroxyl groups excluding tert-OH is 1. The predicted octanol–water partition coefficient (Wildman–Crippen LogP) is 1.45. The molecule has 2 fully saturated rings. The lowest BCUT2D eigenvalue weighted by Crippen LogP contribution is -2.48. The van der Waals surface area contributed by atoms with E-state index in [4.69, 9.17) is 5.73 Å². The topological polar surface area (TPSA) is 49.5 Å². The van der Waals surface area contributed by atoms with Crippen LogP contribution in [0.1, 0.15) is 39.5 Å². The molecule has 3 nitrogen and oxygen atoms in total. The van der Waals surface area contributed by atoms with Gasteiger partial charge in [-0.15, -0.1) is 0 Å². The molecule has 17 heavy (non-hydrogen) atoms. The van der Waals surface area contributed by atoms with Gasteiger partial charge in [0.05, 0.1) is 6.10 Å². The first-order valence-corrected chi connectivity index (χ1v) is 7.20. The number of aliphatic hydroxyl groups is 1. The minimum atomic E-state index is -0.159. The zero-order chi connectivity index (χ0) is 12.4. The van der Waals surface area contributed by atoms with Crippen LogP contribution in [0.5, 0.6) is 0 Å². The van der Waals surface area contributed by atoms with E-state index in [2.05, 4.69) is 18.7 Å². The molecule has 3 unspecified atom stereocenters. The van der Waals surface area contributed by atoms with Crippen LogP contribution in [0.15, 0.2) is 0 Å². The summed E-state index contributed by atoms with van der Waals surface area (Å²) in [5.74, 6) is 1.90. The van der Waals surface area contributed by atoms with Crippen molar-refractivity contribution in [3.05, 3.63) is 0 Å². The number of nitrogens with two attached hydrogens (primary N) is 1. The second-order valence-electron chi connectivity index (χ2n) is 6.57. The van der Waals surface area contributed by atoms with Crippen LogP contribution in [0.2, 0.25) is 0 Å². The van der Waals surface area contributed by atoms with Gasteiger partial charge in [-0.2, -0.15) is 0 Å². The van der Waals surface area contributed by atoms with Crippen molar-refractivity contribution >= 4 is 0 Å². The van der Waals surface area contributed by atoms with Gasteiger partial charge in [0, 0.05) is 25.7 Å². The van der Waals surface area contributed by atoms with E-state index >= 15 is 0 Å². The summed E-state index contributed by atoms with van der Waals surface area (Å²) < 4.78 is 0. The summed E-state index contributed by atoms with van der Waals surface area (Å²) in [6.07, 6.45) is 4.67. The van der Waals surface area contributed by atoms with Crippen molar-refractivity contribution < 1.29 is 5.11 Å². The van der Waals surface area contributed by atoms with Gasteiger partial charge in [-0.25, -0.2) is 0 Å². The molecule has 0 radical (unpaired) electrons. The molecule has 1 saturated heterocycles. The summed E-state index contributed by atoms with van der Waals surface area (Å²) in [5, 5.41) is 9.99. The highest BCUT2D eigenvalue weighted by molar-refractivity contribution is 4.86. The van der Waals surface area contributed by atoms with Crippen LogP contribution in [-0.2, 0) is 0 Å². The Morgan fingerprint density at radius 1 is 1.24 bits per heavy atom. The highest BCUT2D eigenvalue weighted by Gasteiger charge is 2.31. The Hall–Kier alpha value is -0.120. The molecule has 0 aromatic heterocycles. The van der Waals surface area contributed by atoms with Crippen molar-refractivity contribution in [2.45, 2.75) is 51.7 Å². The average Bonchev–Trinajstić information content (AvgIpc) is 3.00. The number of hydrogen-bond donors (Lipinski definition) is 2. The lowest BCUT2D eigenvalue weighted by atomic mass is 9.87. The summed E-state index contributed by atoms with van der Waals surface area (Å²) in [4.78, 5) is 2.53. The molecule has 3 atom stereocenters. The Morgan fingerprint density at radius 2 is 1.94 bits per heavy atom. The number of nitrogens with zero attached hydrogens (tertiary/aromatic N) is 1. The van der Waals surface area contributed by atoms with Gasteiger partial charge in [-0.1, -0.05) is 13.8 Å². The zero-order valence-corrected chi connectivity index (χ0v) is 11.3. The quantitative estimate of drug-likeness (QED) is 0.765. The number of piperidine rings is 1. The van der Waals surface area contributed by atoms with Crippen LogP contribution in [0.4, 0.5) is 0 Å². The van der Waals surface area contributed by atoms with E-state index in [1.54, 1.807) is 0 Å². The van der Waals surface area contributed by atoms with Crippen molar-refractivity contribution in [3.63, 3.8) is 0 Å². The summed E-state index contributed by atoms with van der Waals surface area (Å²) in [5.41, 5.74) is 6.14. The van der Waals surface area contributed by atoms with Gasteiger partial charge in [0.25, 0.3) is 0 Å². The molecule has 0 spiro atoms. The minimum Gasteiger partial charge on any atom is -0.393 e. The standard InChI is InChI=1S/C14H28N2O/c1-10(2)14(17)6-12-5-13(15)9-16(8-12)7-11-3-4-11/h10-14,17H,3-9,15H2,1-2H3. The Morgan fingerprint density at radius 3 is 2.53 bits per heavy atom. The molecule has 1 heterocycles. The molecule has 2 aliphatic rings. The maximum absolute atomic E-state index is 9.99. The first-order chi connectivity index (χ1) is 8.04. The molecular weight excluding hydrogens is 212 g/mol. The smallest absolute Gasteiger partial charge is 0.0566 e. The average molecular weight is 240 g/mol. The summed E-state index contributed by atoms with van der Waals surface area (Å²) in [6, 6.07) is 0.312.